The van der Waals surface area contributed by atoms with Gasteiger partial charge in [0.15, 0.2) is 0 Å². The van der Waals surface area contributed by atoms with Crippen molar-refractivity contribution in [3.8, 4) is 5.75 Å². The SMILES string of the molecule is Cc1ccc(COc2ccc(C(=O)O)c(N)c2)c(Cl)c1. The molecular weight excluding hydrogens is 278 g/mol. The third-order valence-corrected chi connectivity index (χ3v) is 3.21. The first-order valence-corrected chi connectivity index (χ1v) is 6.36. The van der Waals surface area contributed by atoms with Crippen molar-refractivity contribution in [2.24, 2.45) is 0 Å². The molecule has 0 fully saturated rings. The van der Waals surface area contributed by atoms with Crippen molar-refractivity contribution in [3.63, 3.8) is 0 Å². The van der Waals surface area contributed by atoms with Gasteiger partial charge in [0.25, 0.3) is 0 Å². The zero-order valence-corrected chi connectivity index (χ0v) is 11.6. The minimum Gasteiger partial charge on any atom is -0.489 e. The van der Waals surface area contributed by atoms with Crippen LogP contribution in [-0.4, -0.2) is 11.1 Å². The Hall–Kier alpha value is -2.20. The van der Waals surface area contributed by atoms with Gasteiger partial charge in [-0.1, -0.05) is 23.7 Å². The van der Waals surface area contributed by atoms with Gasteiger partial charge in [0, 0.05) is 22.3 Å². The number of aryl methyl sites for hydroxylation is 1. The van der Waals surface area contributed by atoms with Gasteiger partial charge in [0.2, 0.25) is 0 Å². The fourth-order valence-electron chi connectivity index (χ4n) is 1.76. The molecule has 0 aromatic heterocycles. The molecule has 2 rings (SSSR count). The van der Waals surface area contributed by atoms with E-state index in [2.05, 4.69) is 0 Å². The van der Waals surface area contributed by atoms with Crippen LogP contribution in [-0.2, 0) is 6.61 Å². The van der Waals surface area contributed by atoms with Crippen molar-refractivity contribution in [2.75, 3.05) is 5.73 Å². The highest BCUT2D eigenvalue weighted by molar-refractivity contribution is 6.31. The molecular formula is C15H14ClNO3. The second-order valence-corrected chi connectivity index (χ2v) is 4.84. The predicted octanol–water partition coefficient (Wildman–Crippen LogP) is 3.51. The lowest BCUT2D eigenvalue weighted by molar-refractivity contribution is 0.0698. The number of nitrogens with two attached hydrogens (primary N) is 1. The quantitative estimate of drug-likeness (QED) is 0.846. The number of hydrogen-bond acceptors (Lipinski definition) is 3. The summed E-state index contributed by atoms with van der Waals surface area (Å²) >= 11 is 6.11. The van der Waals surface area contributed by atoms with E-state index in [0.717, 1.165) is 11.1 Å². The van der Waals surface area contributed by atoms with Crippen LogP contribution in [0.2, 0.25) is 5.02 Å². The number of nitrogen functional groups attached to an aromatic ring is 1. The highest BCUT2D eigenvalue weighted by atomic mass is 35.5. The normalized spacial score (nSPS) is 10.3. The molecule has 20 heavy (non-hydrogen) atoms. The first-order chi connectivity index (χ1) is 9.47. The summed E-state index contributed by atoms with van der Waals surface area (Å²) in [4.78, 5) is 10.9. The van der Waals surface area contributed by atoms with Crippen LogP contribution in [0.25, 0.3) is 0 Å². The summed E-state index contributed by atoms with van der Waals surface area (Å²) in [5, 5.41) is 9.53. The second kappa shape index (κ2) is 5.84. The number of aromatic carboxylic acids is 1. The lowest BCUT2D eigenvalue weighted by Gasteiger charge is -2.10. The summed E-state index contributed by atoms with van der Waals surface area (Å²) in [5.41, 5.74) is 7.82. The van der Waals surface area contributed by atoms with Crippen molar-refractivity contribution in [2.45, 2.75) is 13.5 Å². The van der Waals surface area contributed by atoms with Crippen molar-refractivity contribution in [3.05, 3.63) is 58.1 Å². The van der Waals surface area contributed by atoms with E-state index in [0.29, 0.717) is 17.4 Å². The van der Waals surface area contributed by atoms with Gasteiger partial charge in [-0.2, -0.15) is 0 Å². The molecule has 104 valence electrons. The molecule has 5 heteroatoms. The molecule has 3 N–H and O–H groups in total. The van der Waals surface area contributed by atoms with Crippen molar-refractivity contribution < 1.29 is 14.6 Å². The van der Waals surface area contributed by atoms with Crippen LogP contribution in [0.4, 0.5) is 5.69 Å². The number of ether oxygens (including phenoxy) is 1. The molecule has 0 spiro atoms. The van der Waals surface area contributed by atoms with Crippen molar-refractivity contribution in [1.29, 1.82) is 0 Å². The summed E-state index contributed by atoms with van der Waals surface area (Å²) in [5.74, 6) is -0.556. The number of benzene rings is 2. The molecule has 0 saturated carbocycles. The molecule has 2 aromatic rings. The average molecular weight is 292 g/mol. The topological polar surface area (TPSA) is 72.5 Å². The summed E-state index contributed by atoms with van der Waals surface area (Å²) < 4.78 is 5.57. The fraction of sp³-hybridized carbons (Fsp3) is 0.133. The third kappa shape index (κ3) is 3.22. The Bertz CT molecular complexity index is 656. The highest BCUT2D eigenvalue weighted by Crippen LogP contribution is 2.23. The monoisotopic (exact) mass is 291 g/mol. The van der Waals surface area contributed by atoms with Gasteiger partial charge in [-0.3, -0.25) is 0 Å². The third-order valence-electron chi connectivity index (χ3n) is 2.86. The van der Waals surface area contributed by atoms with E-state index in [1.807, 2.05) is 25.1 Å². The molecule has 0 aliphatic rings. The summed E-state index contributed by atoms with van der Waals surface area (Å²) in [6.45, 7) is 2.26. The minimum absolute atomic E-state index is 0.0609. The number of rotatable bonds is 4. The van der Waals surface area contributed by atoms with Crippen LogP contribution < -0.4 is 10.5 Å². The molecule has 0 saturated heterocycles. The Balaban J connectivity index is 2.11. The van der Waals surface area contributed by atoms with Gasteiger partial charge in [-0.25, -0.2) is 4.79 Å². The zero-order valence-electron chi connectivity index (χ0n) is 10.9. The van der Waals surface area contributed by atoms with Crippen LogP contribution >= 0.6 is 11.6 Å². The van der Waals surface area contributed by atoms with E-state index in [-0.39, 0.29) is 11.3 Å². The molecule has 0 amide bonds. The maximum atomic E-state index is 10.9. The Morgan fingerprint density at radius 2 is 2.05 bits per heavy atom. The molecule has 0 radical (unpaired) electrons. The van der Waals surface area contributed by atoms with E-state index in [9.17, 15) is 4.79 Å². The van der Waals surface area contributed by atoms with Gasteiger partial charge in [0.05, 0.1) is 5.56 Å². The lowest BCUT2D eigenvalue weighted by Crippen LogP contribution is -2.03. The standard InChI is InChI=1S/C15H14ClNO3/c1-9-2-3-10(13(16)6-9)8-20-11-4-5-12(15(18)19)14(17)7-11/h2-7H,8,17H2,1H3,(H,18,19). The largest absolute Gasteiger partial charge is 0.489 e. The number of anilines is 1. The van der Waals surface area contributed by atoms with Crippen LogP contribution in [0, 0.1) is 6.92 Å². The molecule has 4 nitrogen and oxygen atoms in total. The van der Waals surface area contributed by atoms with E-state index >= 15 is 0 Å². The summed E-state index contributed by atoms with van der Waals surface area (Å²) in [7, 11) is 0. The number of carboxylic acid groups (broad SMARTS) is 1. The van der Waals surface area contributed by atoms with E-state index in [4.69, 9.17) is 27.2 Å². The van der Waals surface area contributed by atoms with Crippen LogP contribution in [0.3, 0.4) is 0 Å². The smallest absolute Gasteiger partial charge is 0.337 e. The van der Waals surface area contributed by atoms with Gasteiger partial charge in [0.1, 0.15) is 12.4 Å². The van der Waals surface area contributed by atoms with Crippen LogP contribution in [0.15, 0.2) is 36.4 Å². The molecule has 0 atom stereocenters. The molecule has 0 aliphatic carbocycles. The summed E-state index contributed by atoms with van der Waals surface area (Å²) in [6, 6.07) is 10.2. The average Bonchev–Trinajstić information content (AvgIpc) is 2.37. The maximum Gasteiger partial charge on any atom is 0.337 e. The molecule has 0 heterocycles. The Labute approximate surface area is 121 Å². The van der Waals surface area contributed by atoms with Crippen LogP contribution in [0.5, 0.6) is 5.75 Å². The van der Waals surface area contributed by atoms with E-state index in [1.165, 1.54) is 12.1 Å². The molecule has 0 aliphatic heterocycles. The fourth-order valence-corrected chi connectivity index (χ4v) is 2.05. The lowest BCUT2D eigenvalue weighted by atomic mass is 10.1. The first kappa shape index (κ1) is 14.2. The highest BCUT2D eigenvalue weighted by Gasteiger charge is 2.09. The molecule has 0 bridgehead atoms. The summed E-state index contributed by atoms with van der Waals surface area (Å²) in [6.07, 6.45) is 0. The Kier molecular flexibility index (Phi) is 4.15. The molecule has 2 aromatic carbocycles. The minimum atomic E-state index is -1.06. The first-order valence-electron chi connectivity index (χ1n) is 5.98. The Morgan fingerprint density at radius 1 is 1.30 bits per heavy atom. The van der Waals surface area contributed by atoms with Crippen LogP contribution in [0.1, 0.15) is 21.5 Å². The molecule has 0 unspecified atom stereocenters. The number of halogens is 1. The maximum absolute atomic E-state index is 10.9. The zero-order chi connectivity index (χ0) is 14.7. The predicted molar refractivity (Wildman–Crippen MR) is 78.3 cm³/mol. The van der Waals surface area contributed by atoms with E-state index < -0.39 is 5.97 Å². The van der Waals surface area contributed by atoms with E-state index in [1.54, 1.807) is 6.07 Å². The van der Waals surface area contributed by atoms with Crippen molar-refractivity contribution >= 4 is 23.3 Å². The van der Waals surface area contributed by atoms with Gasteiger partial charge in [-0.05, 0) is 30.7 Å². The van der Waals surface area contributed by atoms with Gasteiger partial charge < -0.3 is 15.6 Å². The number of carboxylic acids is 1. The number of carbonyl (C=O) groups is 1. The Morgan fingerprint density at radius 3 is 2.65 bits per heavy atom. The number of hydrogen-bond donors (Lipinski definition) is 2. The second-order valence-electron chi connectivity index (χ2n) is 4.44. The van der Waals surface area contributed by atoms with Crippen molar-refractivity contribution in [1.82, 2.24) is 0 Å². The van der Waals surface area contributed by atoms with Gasteiger partial charge >= 0.3 is 5.97 Å². The van der Waals surface area contributed by atoms with Gasteiger partial charge in [-0.15, -0.1) is 0 Å².